The molecular weight excluding hydrogens is 250 g/mol. The highest BCUT2D eigenvalue weighted by Crippen LogP contribution is 2.34. The van der Waals surface area contributed by atoms with E-state index in [1.807, 2.05) is 6.07 Å². The van der Waals surface area contributed by atoms with E-state index in [1.165, 1.54) is 5.56 Å². The first-order valence-corrected chi connectivity index (χ1v) is 6.66. The van der Waals surface area contributed by atoms with Crippen LogP contribution in [0.4, 0.5) is 0 Å². The van der Waals surface area contributed by atoms with Gasteiger partial charge in [0, 0.05) is 24.5 Å². The second kappa shape index (κ2) is 5.59. The highest BCUT2D eigenvalue weighted by atomic mass is 16.5. The van der Waals surface area contributed by atoms with Gasteiger partial charge in [0.2, 0.25) is 0 Å². The third-order valence-electron chi connectivity index (χ3n) is 3.29. The van der Waals surface area contributed by atoms with Gasteiger partial charge in [0.25, 0.3) is 0 Å². The summed E-state index contributed by atoms with van der Waals surface area (Å²) >= 11 is 0. The number of hydrogen-bond donors (Lipinski definition) is 1. The number of benzene rings is 1. The lowest BCUT2D eigenvalue weighted by molar-refractivity contribution is 0.415. The molecule has 2 aromatic rings. The molecule has 0 aliphatic rings. The van der Waals surface area contributed by atoms with Crippen molar-refractivity contribution in [1.29, 1.82) is 0 Å². The van der Waals surface area contributed by atoms with Crippen molar-refractivity contribution in [3.8, 4) is 17.0 Å². The van der Waals surface area contributed by atoms with Crippen LogP contribution in [0, 0.1) is 0 Å². The summed E-state index contributed by atoms with van der Waals surface area (Å²) < 4.78 is 5.46. The van der Waals surface area contributed by atoms with Gasteiger partial charge in [-0.05, 0) is 23.1 Å². The summed E-state index contributed by atoms with van der Waals surface area (Å²) in [6, 6.07) is 6.17. The van der Waals surface area contributed by atoms with Gasteiger partial charge >= 0.3 is 0 Å². The van der Waals surface area contributed by atoms with Gasteiger partial charge in [-0.25, -0.2) is 0 Å². The maximum absolute atomic E-state index is 5.76. The zero-order valence-corrected chi connectivity index (χ0v) is 12.5. The maximum atomic E-state index is 5.76. The lowest BCUT2D eigenvalue weighted by Crippen LogP contribution is -2.12. The van der Waals surface area contributed by atoms with Gasteiger partial charge in [-0.2, -0.15) is 0 Å². The molecule has 0 saturated heterocycles. The Balaban J connectivity index is 2.65. The number of rotatable bonds is 3. The standard InChI is InChI=1S/C16H21N3O/c1-16(2,3)11-5-6-14(20-4)12(9-11)15-13(10-17)18-7-8-19-15/h5-9H,10,17H2,1-4H3. The Hall–Kier alpha value is -1.94. The van der Waals surface area contributed by atoms with E-state index in [4.69, 9.17) is 10.5 Å². The topological polar surface area (TPSA) is 61.0 Å². The molecule has 0 aliphatic carbocycles. The number of hydrogen-bond acceptors (Lipinski definition) is 4. The Morgan fingerprint density at radius 3 is 2.45 bits per heavy atom. The van der Waals surface area contributed by atoms with Crippen LogP contribution in [-0.4, -0.2) is 17.1 Å². The molecule has 106 valence electrons. The van der Waals surface area contributed by atoms with Crippen LogP contribution in [0.2, 0.25) is 0 Å². The van der Waals surface area contributed by atoms with Crippen LogP contribution in [0.1, 0.15) is 32.0 Å². The summed E-state index contributed by atoms with van der Waals surface area (Å²) in [4.78, 5) is 8.73. The van der Waals surface area contributed by atoms with Crippen molar-refractivity contribution < 1.29 is 4.74 Å². The van der Waals surface area contributed by atoms with Crippen molar-refractivity contribution >= 4 is 0 Å². The van der Waals surface area contributed by atoms with Crippen LogP contribution in [0.5, 0.6) is 5.75 Å². The zero-order chi connectivity index (χ0) is 14.8. The second-order valence-electron chi connectivity index (χ2n) is 5.72. The minimum Gasteiger partial charge on any atom is -0.496 e. The van der Waals surface area contributed by atoms with Gasteiger partial charge in [0.1, 0.15) is 5.75 Å². The molecule has 0 bridgehead atoms. The first-order valence-electron chi connectivity index (χ1n) is 6.66. The van der Waals surface area contributed by atoms with E-state index in [-0.39, 0.29) is 5.41 Å². The van der Waals surface area contributed by atoms with E-state index in [2.05, 4.69) is 42.9 Å². The molecule has 0 atom stereocenters. The molecule has 1 aromatic heterocycles. The molecule has 0 aliphatic heterocycles. The fourth-order valence-electron chi connectivity index (χ4n) is 2.10. The molecule has 0 unspecified atom stereocenters. The largest absolute Gasteiger partial charge is 0.496 e. The second-order valence-corrected chi connectivity index (χ2v) is 5.72. The number of aromatic nitrogens is 2. The summed E-state index contributed by atoms with van der Waals surface area (Å²) in [5.41, 5.74) is 9.55. The normalized spacial score (nSPS) is 11.4. The van der Waals surface area contributed by atoms with Gasteiger partial charge in [0.15, 0.2) is 0 Å². The Morgan fingerprint density at radius 1 is 1.15 bits per heavy atom. The van der Waals surface area contributed by atoms with E-state index in [0.29, 0.717) is 6.54 Å². The molecule has 2 rings (SSSR count). The van der Waals surface area contributed by atoms with E-state index < -0.39 is 0 Å². The quantitative estimate of drug-likeness (QED) is 0.932. The molecule has 4 heteroatoms. The Morgan fingerprint density at radius 2 is 1.85 bits per heavy atom. The third-order valence-corrected chi connectivity index (χ3v) is 3.29. The summed E-state index contributed by atoms with van der Waals surface area (Å²) in [6.45, 7) is 6.89. The first kappa shape index (κ1) is 14.5. The lowest BCUT2D eigenvalue weighted by atomic mass is 9.85. The smallest absolute Gasteiger partial charge is 0.128 e. The first-order chi connectivity index (χ1) is 9.47. The van der Waals surface area contributed by atoms with Crippen molar-refractivity contribution in [2.75, 3.05) is 7.11 Å². The fraction of sp³-hybridized carbons (Fsp3) is 0.375. The maximum Gasteiger partial charge on any atom is 0.128 e. The third kappa shape index (κ3) is 2.80. The molecule has 1 heterocycles. The van der Waals surface area contributed by atoms with E-state index >= 15 is 0 Å². The predicted octanol–water partition coefficient (Wildman–Crippen LogP) is 2.91. The number of methoxy groups -OCH3 is 1. The van der Waals surface area contributed by atoms with Gasteiger partial charge in [-0.15, -0.1) is 0 Å². The average Bonchev–Trinajstić information content (AvgIpc) is 2.45. The molecule has 0 fully saturated rings. The fourth-order valence-corrected chi connectivity index (χ4v) is 2.10. The van der Waals surface area contributed by atoms with Crippen LogP contribution < -0.4 is 10.5 Å². The highest BCUT2D eigenvalue weighted by molar-refractivity contribution is 5.70. The summed E-state index contributed by atoms with van der Waals surface area (Å²) in [5, 5.41) is 0. The molecule has 0 radical (unpaired) electrons. The van der Waals surface area contributed by atoms with Crippen LogP contribution in [0.25, 0.3) is 11.3 Å². The number of nitrogens with zero attached hydrogens (tertiary/aromatic N) is 2. The van der Waals surface area contributed by atoms with Crippen LogP contribution in [0.3, 0.4) is 0 Å². The molecule has 0 saturated carbocycles. The average molecular weight is 271 g/mol. The predicted molar refractivity (Wildman–Crippen MR) is 80.6 cm³/mol. The van der Waals surface area contributed by atoms with Crippen molar-refractivity contribution in [2.24, 2.45) is 5.73 Å². The zero-order valence-electron chi connectivity index (χ0n) is 12.5. The number of nitrogens with two attached hydrogens (primary N) is 1. The van der Waals surface area contributed by atoms with Gasteiger partial charge in [-0.1, -0.05) is 26.8 Å². The molecule has 20 heavy (non-hydrogen) atoms. The SMILES string of the molecule is COc1ccc(C(C)(C)C)cc1-c1nccnc1CN. The summed E-state index contributed by atoms with van der Waals surface area (Å²) in [7, 11) is 1.66. The van der Waals surface area contributed by atoms with Gasteiger partial charge in [0.05, 0.1) is 18.5 Å². The Labute approximate surface area is 120 Å². The van der Waals surface area contributed by atoms with E-state index in [9.17, 15) is 0 Å². The van der Waals surface area contributed by atoms with Crippen molar-refractivity contribution in [2.45, 2.75) is 32.7 Å². The minimum atomic E-state index is 0.0616. The monoisotopic (exact) mass is 271 g/mol. The van der Waals surface area contributed by atoms with E-state index in [0.717, 1.165) is 22.7 Å². The summed E-state index contributed by atoms with van der Waals surface area (Å²) in [6.07, 6.45) is 3.34. The van der Waals surface area contributed by atoms with E-state index in [1.54, 1.807) is 19.5 Å². The van der Waals surface area contributed by atoms with Crippen molar-refractivity contribution in [3.63, 3.8) is 0 Å². The van der Waals surface area contributed by atoms with Crippen LogP contribution in [-0.2, 0) is 12.0 Å². The van der Waals surface area contributed by atoms with Gasteiger partial charge in [-0.3, -0.25) is 9.97 Å². The Kier molecular flexibility index (Phi) is 4.04. The van der Waals surface area contributed by atoms with Crippen molar-refractivity contribution in [3.05, 3.63) is 41.9 Å². The highest BCUT2D eigenvalue weighted by Gasteiger charge is 2.18. The molecule has 1 aromatic carbocycles. The van der Waals surface area contributed by atoms with Crippen LogP contribution >= 0.6 is 0 Å². The van der Waals surface area contributed by atoms with Crippen LogP contribution in [0.15, 0.2) is 30.6 Å². The molecule has 4 nitrogen and oxygen atoms in total. The number of ether oxygens (including phenoxy) is 1. The lowest BCUT2D eigenvalue weighted by Gasteiger charge is -2.21. The Bertz CT molecular complexity index is 603. The molecular formula is C16H21N3O. The minimum absolute atomic E-state index is 0.0616. The summed E-state index contributed by atoms with van der Waals surface area (Å²) in [5.74, 6) is 0.785. The molecule has 0 spiro atoms. The van der Waals surface area contributed by atoms with Crippen molar-refractivity contribution in [1.82, 2.24) is 9.97 Å². The molecule has 2 N–H and O–H groups in total. The molecule has 0 amide bonds. The van der Waals surface area contributed by atoms with Gasteiger partial charge < -0.3 is 10.5 Å².